The van der Waals surface area contributed by atoms with E-state index in [1.54, 1.807) is 6.20 Å². The standard InChI is InChI=1S/C9H8N4/c1-3-13-4-2-10-9(13)8-6-12-11-5-7(1)8/h2,4-6H,1,3H2. The number of fused-ring (bicyclic) bond motifs is 3. The molecule has 0 spiro atoms. The zero-order valence-corrected chi connectivity index (χ0v) is 7.01. The van der Waals surface area contributed by atoms with Crippen molar-refractivity contribution in [1.29, 1.82) is 0 Å². The van der Waals surface area contributed by atoms with Crippen LogP contribution in [0.25, 0.3) is 11.4 Å². The Balaban J connectivity index is 2.30. The van der Waals surface area contributed by atoms with Crippen molar-refractivity contribution >= 4 is 0 Å². The van der Waals surface area contributed by atoms with Gasteiger partial charge in [0.2, 0.25) is 0 Å². The first kappa shape index (κ1) is 6.77. The van der Waals surface area contributed by atoms with Crippen LogP contribution in [0.3, 0.4) is 0 Å². The van der Waals surface area contributed by atoms with E-state index < -0.39 is 0 Å². The van der Waals surface area contributed by atoms with Gasteiger partial charge in [0.1, 0.15) is 5.82 Å². The van der Waals surface area contributed by atoms with Gasteiger partial charge in [-0.25, -0.2) is 4.98 Å². The lowest BCUT2D eigenvalue weighted by atomic mass is 10.1. The highest BCUT2D eigenvalue weighted by Gasteiger charge is 2.16. The van der Waals surface area contributed by atoms with E-state index in [1.165, 1.54) is 5.56 Å². The molecule has 0 bridgehead atoms. The summed E-state index contributed by atoms with van der Waals surface area (Å²) in [5, 5.41) is 7.74. The molecular weight excluding hydrogens is 164 g/mol. The summed E-state index contributed by atoms with van der Waals surface area (Å²) in [6, 6.07) is 0. The lowest BCUT2D eigenvalue weighted by Gasteiger charge is -2.16. The molecule has 0 aliphatic carbocycles. The van der Waals surface area contributed by atoms with Gasteiger partial charge in [-0.15, -0.1) is 0 Å². The van der Waals surface area contributed by atoms with Gasteiger partial charge >= 0.3 is 0 Å². The molecule has 0 fully saturated rings. The highest BCUT2D eigenvalue weighted by atomic mass is 15.1. The van der Waals surface area contributed by atoms with E-state index in [1.807, 2.05) is 18.6 Å². The molecule has 0 saturated carbocycles. The summed E-state index contributed by atoms with van der Waals surface area (Å²) in [4.78, 5) is 4.29. The summed E-state index contributed by atoms with van der Waals surface area (Å²) < 4.78 is 2.14. The fraction of sp³-hybridized carbons (Fsp3) is 0.222. The molecule has 2 aromatic heterocycles. The molecule has 3 heterocycles. The molecule has 64 valence electrons. The van der Waals surface area contributed by atoms with Gasteiger partial charge in [0.05, 0.1) is 12.4 Å². The maximum absolute atomic E-state index is 4.29. The molecule has 0 amide bonds. The first-order chi connectivity index (χ1) is 6.45. The van der Waals surface area contributed by atoms with E-state index >= 15 is 0 Å². The lowest BCUT2D eigenvalue weighted by molar-refractivity contribution is 0.678. The normalized spacial score (nSPS) is 13.5. The van der Waals surface area contributed by atoms with Crippen molar-refractivity contribution in [3.8, 4) is 11.4 Å². The fourth-order valence-electron chi connectivity index (χ4n) is 1.72. The molecule has 4 heteroatoms. The number of aryl methyl sites for hydroxylation is 2. The van der Waals surface area contributed by atoms with Crippen molar-refractivity contribution in [1.82, 2.24) is 19.7 Å². The molecule has 1 aliphatic rings. The second-order valence-corrected chi connectivity index (χ2v) is 3.12. The summed E-state index contributed by atoms with van der Waals surface area (Å²) in [5.41, 5.74) is 2.36. The van der Waals surface area contributed by atoms with Gasteiger partial charge in [0.15, 0.2) is 0 Å². The van der Waals surface area contributed by atoms with Crippen molar-refractivity contribution in [3.05, 3.63) is 30.4 Å². The van der Waals surface area contributed by atoms with Crippen LogP contribution in [0.2, 0.25) is 0 Å². The van der Waals surface area contributed by atoms with Gasteiger partial charge in [-0.3, -0.25) is 0 Å². The highest BCUT2D eigenvalue weighted by Crippen LogP contribution is 2.25. The third-order valence-electron chi connectivity index (χ3n) is 2.39. The number of nitrogens with zero attached hydrogens (tertiary/aromatic N) is 4. The number of hydrogen-bond donors (Lipinski definition) is 0. The monoisotopic (exact) mass is 172 g/mol. The van der Waals surface area contributed by atoms with Gasteiger partial charge < -0.3 is 4.57 Å². The number of rotatable bonds is 0. The zero-order valence-electron chi connectivity index (χ0n) is 7.01. The van der Waals surface area contributed by atoms with Gasteiger partial charge in [0.25, 0.3) is 0 Å². The van der Waals surface area contributed by atoms with Gasteiger partial charge in [-0.1, -0.05) is 0 Å². The second kappa shape index (κ2) is 2.39. The summed E-state index contributed by atoms with van der Waals surface area (Å²) in [6.07, 6.45) is 8.46. The number of imidazole rings is 1. The van der Waals surface area contributed by atoms with E-state index in [-0.39, 0.29) is 0 Å². The summed E-state index contributed by atoms with van der Waals surface area (Å²) in [7, 11) is 0. The van der Waals surface area contributed by atoms with Crippen molar-refractivity contribution in [2.45, 2.75) is 13.0 Å². The Labute approximate surface area is 75.3 Å². The average molecular weight is 172 g/mol. The molecule has 13 heavy (non-hydrogen) atoms. The predicted molar refractivity (Wildman–Crippen MR) is 47.0 cm³/mol. The van der Waals surface area contributed by atoms with Crippen LogP contribution in [-0.4, -0.2) is 19.7 Å². The van der Waals surface area contributed by atoms with Crippen LogP contribution in [0.15, 0.2) is 24.8 Å². The Morgan fingerprint density at radius 1 is 1.23 bits per heavy atom. The third kappa shape index (κ3) is 0.884. The van der Waals surface area contributed by atoms with E-state index in [9.17, 15) is 0 Å². The largest absolute Gasteiger partial charge is 0.331 e. The number of hydrogen-bond acceptors (Lipinski definition) is 3. The van der Waals surface area contributed by atoms with Crippen LogP contribution in [-0.2, 0) is 13.0 Å². The summed E-state index contributed by atoms with van der Waals surface area (Å²) in [6.45, 7) is 0.994. The maximum atomic E-state index is 4.29. The highest BCUT2D eigenvalue weighted by molar-refractivity contribution is 5.60. The minimum absolute atomic E-state index is 0.994. The van der Waals surface area contributed by atoms with Gasteiger partial charge in [-0.2, -0.15) is 10.2 Å². The fourth-order valence-corrected chi connectivity index (χ4v) is 1.72. The molecule has 0 unspecified atom stereocenters. The Kier molecular flexibility index (Phi) is 1.24. The van der Waals surface area contributed by atoms with Crippen LogP contribution in [0, 0.1) is 0 Å². The molecule has 4 nitrogen and oxygen atoms in total. The smallest absolute Gasteiger partial charge is 0.141 e. The van der Waals surface area contributed by atoms with E-state index in [2.05, 4.69) is 19.7 Å². The van der Waals surface area contributed by atoms with Gasteiger partial charge in [0, 0.05) is 24.5 Å². The minimum atomic E-state index is 0.994. The summed E-state index contributed by atoms with van der Waals surface area (Å²) in [5.74, 6) is 1.01. The van der Waals surface area contributed by atoms with Crippen molar-refractivity contribution < 1.29 is 0 Å². The van der Waals surface area contributed by atoms with E-state index in [4.69, 9.17) is 0 Å². The van der Waals surface area contributed by atoms with Crippen LogP contribution >= 0.6 is 0 Å². The molecule has 0 atom stereocenters. The van der Waals surface area contributed by atoms with Crippen LogP contribution in [0.5, 0.6) is 0 Å². The predicted octanol–water partition coefficient (Wildman–Crippen LogP) is 0.896. The topological polar surface area (TPSA) is 43.6 Å². The lowest BCUT2D eigenvalue weighted by Crippen LogP contribution is -2.10. The first-order valence-electron chi connectivity index (χ1n) is 4.26. The SMILES string of the molecule is c1cn2c(n1)-c1cnncc1CC2. The second-order valence-electron chi connectivity index (χ2n) is 3.12. The Hall–Kier alpha value is -1.71. The Morgan fingerprint density at radius 2 is 2.15 bits per heavy atom. The molecule has 0 aromatic carbocycles. The van der Waals surface area contributed by atoms with Crippen LogP contribution in [0.1, 0.15) is 5.56 Å². The Morgan fingerprint density at radius 3 is 3.15 bits per heavy atom. The quantitative estimate of drug-likeness (QED) is 0.593. The third-order valence-corrected chi connectivity index (χ3v) is 2.39. The Bertz CT molecular complexity index is 446. The van der Waals surface area contributed by atoms with E-state index in [0.717, 1.165) is 24.4 Å². The van der Waals surface area contributed by atoms with Crippen LogP contribution < -0.4 is 0 Å². The minimum Gasteiger partial charge on any atom is -0.331 e. The average Bonchev–Trinajstić information content (AvgIpc) is 2.65. The molecule has 0 N–H and O–H groups in total. The number of aromatic nitrogens is 4. The molecule has 0 saturated heterocycles. The molecule has 0 radical (unpaired) electrons. The summed E-state index contributed by atoms with van der Waals surface area (Å²) >= 11 is 0. The van der Waals surface area contributed by atoms with Crippen LogP contribution in [0.4, 0.5) is 0 Å². The molecule has 2 aromatic rings. The molecular formula is C9H8N4. The maximum Gasteiger partial charge on any atom is 0.141 e. The molecule has 3 rings (SSSR count). The first-order valence-corrected chi connectivity index (χ1v) is 4.26. The van der Waals surface area contributed by atoms with Crippen molar-refractivity contribution in [2.75, 3.05) is 0 Å². The van der Waals surface area contributed by atoms with Gasteiger partial charge in [-0.05, 0) is 12.0 Å². The van der Waals surface area contributed by atoms with Crippen molar-refractivity contribution in [2.24, 2.45) is 0 Å². The zero-order chi connectivity index (χ0) is 8.67. The van der Waals surface area contributed by atoms with E-state index in [0.29, 0.717) is 0 Å². The van der Waals surface area contributed by atoms with Crippen molar-refractivity contribution in [3.63, 3.8) is 0 Å². The molecule has 1 aliphatic heterocycles.